The van der Waals surface area contributed by atoms with Crippen LogP contribution in [0.4, 0.5) is 0 Å². The fraction of sp³-hybridized carbons (Fsp3) is 0.533. The van der Waals surface area contributed by atoms with E-state index >= 15 is 0 Å². The molecule has 6 heteroatoms. The van der Waals surface area contributed by atoms with Gasteiger partial charge in [-0.15, -0.1) is 5.10 Å². The monoisotopic (exact) mass is 306 g/mol. The summed E-state index contributed by atoms with van der Waals surface area (Å²) in [6.07, 6.45) is 4.47. The van der Waals surface area contributed by atoms with Crippen LogP contribution in [0.3, 0.4) is 0 Å². The number of aromatic nitrogens is 3. The van der Waals surface area contributed by atoms with Gasteiger partial charge in [0.2, 0.25) is 0 Å². The topological polar surface area (TPSA) is 73.9 Å². The van der Waals surface area contributed by atoms with Gasteiger partial charge in [-0.3, -0.25) is 4.98 Å². The molecule has 1 atom stereocenters. The molecule has 0 aliphatic carbocycles. The molecule has 21 heavy (non-hydrogen) atoms. The van der Waals surface area contributed by atoms with Crippen molar-refractivity contribution >= 4 is 11.5 Å². The van der Waals surface area contributed by atoms with Crippen LogP contribution >= 0.6 is 11.5 Å². The average molecular weight is 306 g/mol. The van der Waals surface area contributed by atoms with Gasteiger partial charge >= 0.3 is 0 Å². The number of aryl methyl sites for hydroxylation is 2. The molecular weight excluding hydrogens is 284 g/mol. The minimum atomic E-state index is -0.120. The van der Waals surface area contributed by atoms with E-state index in [0.717, 1.165) is 46.0 Å². The number of hydrogen-bond donors (Lipinski definition) is 1. The van der Waals surface area contributed by atoms with Crippen LogP contribution in [-0.4, -0.2) is 21.7 Å². The maximum Gasteiger partial charge on any atom is 0.128 e. The standard InChI is InChI=1S/C15H22N4OS/c1-5-6-12-15(21-19-18-12)11(16)7-13-10(3)14(20-4)9(2)8-17-13/h8,11H,5-7,16H2,1-4H3. The number of rotatable bonds is 6. The van der Waals surface area contributed by atoms with Gasteiger partial charge in [-0.1, -0.05) is 17.8 Å². The summed E-state index contributed by atoms with van der Waals surface area (Å²) < 4.78 is 9.49. The second-order valence-corrected chi connectivity index (χ2v) is 5.98. The van der Waals surface area contributed by atoms with Gasteiger partial charge in [-0.25, -0.2) is 0 Å². The first-order valence-electron chi connectivity index (χ1n) is 7.14. The smallest absolute Gasteiger partial charge is 0.128 e. The summed E-state index contributed by atoms with van der Waals surface area (Å²) in [5.41, 5.74) is 10.4. The minimum Gasteiger partial charge on any atom is -0.496 e. The highest BCUT2D eigenvalue weighted by atomic mass is 32.1. The maximum atomic E-state index is 6.35. The number of pyridine rings is 1. The van der Waals surface area contributed by atoms with Crippen molar-refractivity contribution in [3.63, 3.8) is 0 Å². The fourth-order valence-electron chi connectivity index (χ4n) is 2.49. The molecule has 0 fully saturated rings. The van der Waals surface area contributed by atoms with Crippen molar-refractivity contribution < 1.29 is 4.74 Å². The maximum absolute atomic E-state index is 6.35. The average Bonchev–Trinajstić information content (AvgIpc) is 2.91. The molecule has 0 aliphatic rings. The van der Waals surface area contributed by atoms with Crippen molar-refractivity contribution in [2.24, 2.45) is 5.73 Å². The summed E-state index contributed by atoms with van der Waals surface area (Å²) in [6, 6.07) is -0.120. The van der Waals surface area contributed by atoms with E-state index in [1.165, 1.54) is 11.5 Å². The highest BCUT2D eigenvalue weighted by molar-refractivity contribution is 7.05. The molecule has 2 N–H and O–H groups in total. The summed E-state index contributed by atoms with van der Waals surface area (Å²) >= 11 is 1.39. The van der Waals surface area contributed by atoms with Gasteiger partial charge < -0.3 is 10.5 Å². The highest BCUT2D eigenvalue weighted by Gasteiger charge is 2.18. The first-order valence-corrected chi connectivity index (χ1v) is 7.91. The van der Waals surface area contributed by atoms with Crippen LogP contribution in [0.15, 0.2) is 6.20 Å². The molecule has 0 bridgehead atoms. The Morgan fingerprint density at radius 2 is 2.10 bits per heavy atom. The van der Waals surface area contributed by atoms with Gasteiger partial charge in [0.1, 0.15) is 5.75 Å². The predicted octanol–water partition coefficient (Wildman–Crippen LogP) is 2.75. The van der Waals surface area contributed by atoms with Crippen LogP contribution in [0.2, 0.25) is 0 Å². The largest absolute Gasteiger partial charge is 0.496 e. The molecular formula is C15H22N4OS. The van der Waals surface area contributed by atoms with Crippen LogP contribution in [-0.2, 0) is 12.8 Å². The van der Waals surface area contributed by atoms with Crippen molar-refractivity contribution in [2.75, 3.05) is 7.11 Å². The van der Waals surface area contributed by atoms with Gasteiger partial charge in [0.15, 0.2) is 0 Å². The lowest BCUT2D eigenvalue weighted by molar-refractivity contribution is 0.406. The summed E-state index contributed by atoms with van der Waals surface area (Å²) in [7, 11) is 1.69. The molecule has 2 aromatic rings. The van der Waals surface area contributed by atoms with Crippen LogP contribution in [0.25, 0.3) is 0 Å². The zero-order valence-corrected chi connectivity index (χ0v) is 13.8. The van der Waals surface area contributed by atoms with Crippen LogP contribution in [0.5, 0.6) is 5.75 Å². The zero-order valence-electron chi connectivity index (χ0n) is 13.0. The van der Waals surface area contributed by atoms with Gasteiger partial charge in [0.05, 0.1) is 17.7 Å². The van der Waals surface area contributed by atoms with Crippen molar-refractivity contribution in [1.29, 1.82) is 0 Å². The van der Waals surface area contributed by atoms with Crippen LogP contribution in [0, 0.1) is 13.8 Å². The molecule has 0 spiro atoms. The first-order chi connectivity index (χ1) is 10.1. The Bertz CT molecular complexity index is 612. The Morgan fingerprint density at radius 3 is 2.76 bits per heavy atom. The van der Waals surface area contributed by atoms with Crippen molar-refractivity contribution in [2.45, 2.75) is 46.1 Å². The van der Waals surface area contributed by atoms with Gasteiger partial charge in [0, 0.05) is 35.5 Å². The van der Waals surface area contributed by atoms with E-state index < -0.39 is 0 Å². The lowest BCUT2D eigenvalue weighted by atomic mass is 10.0. The molecule has 0 saturated carbocycles. The van der Waals surface area contributed by atoms with Crippen molar-refractivity contribution in [1.82, 2.24) is 14.6 Å². The quantitative estimate of drug-likeness (QED) is 0.888. The van der Waals surface area contributed by atoms with E-state index in [-0.39, 0.29) is 6.04 Å². The van der Waals surface area contributed by atoms with Gasteiger partial charge in [0.25, 0.3) is 0 Å². The highest BCUT2D eigenvalue weighted by Crippen LogP contribution is 2.28. The summed E-state index contributed by atoms with van der Waals surface area (Å²) in [6.45, 7) is 6.15. The third-order valence-electron chi connectivity index (χ3n) is 3.57. The minimum absolute atomic E-state index is 0.120. The third-order valence-corrected chi connectivity index (χ3v) is 4.47. The zero-order chi connectivity index (χ0) is 15.4. The van der Waals surface area contributed by atoms with E-state index in [0.29, 0.717) is 6.42 Å². The summed E-state index contributed by atoms with van der Waals surface area (Å²) in [5, 5.41) is 4.18. The molecule has 2 aromatic heterocycles. The molecule has 2 heterocycles. The SMILES string of the molecule is CCCc1nnsc1C(N)Cc1ncc(C)c(OC)c1C. The number of nitrogens with two attached hydrogens (primary N) is 1. The van der Waals surface area contributed by atoms with E-state index in [9.17, 15) is 0 Å². The van der Waals surface area contributed by atoms with Crippen molar-refractivity contribution in [3.05, 3.63) is 33.6 Å². The van der Waals surface area contributed by atoms with Crippen LogP contribution < -0.4 is 10.5 Å². The van der Waals surface area contributed by atoms with E-state index in [1.807, 2.05) is 20.0 Å². The number of nitrogens with zero attached hydrogens (tertiary/aromatic N) is 3. The summed E-state index contributed by atoms with van der Waals surface area (Å²) in [5.74, 6) is 0.892. The molecule has 0 aromatic carbocycles. The Balaban J connectivity index is 2.23. The summed E-state index contributed by atoms with van der Waals surface area (Å²) in [4.78, 5) is 5.58. The number of hydrogen-bond acceptors (Lipinski definition) is 6. The second-order valence-electron chi connectivity index (χ2n) is 5.19. The number of methoxy groups -OCH3 is 1. The molecule has 2 rings (SSSR count). The Hall–Kier alpha value is -1.53. The molecule has 1 unspecified atom stereocenters. The molecule has 114 valence electrons. The van der Waals surface area contributed by atoms with Gasteiger partial charge in [-0.05, 0) is 31.8 Å². The van der Waals surface area contributed by atoms with Crippen molar-refractivity contribution in [3.8, 4) is 5.75 Å². The Labute approximate surface area is 129 Å². The Morgan fingerprint density at radius 1 is 1.33 bits per heavy atom. The first kappa shape index (κ1) is 15.9. The predicted molar refractivity (Wildman–Crippen MR) is 84.8 cm³/mol. The lowest BCUT2D eigenvalue weighted by Gasteiger charge is -2.15. The van der Waals surface area contributed by atoms with E-state index in [1.54, 1.807) is 7.11 Å². The molecule has 0 radical (unpaired) electrons. The van der Waals surface area contributed by atoms with E-state index in [4.69, 9.17) is 10.5 Å². The molecule has 5 nitrogen and oxygen atoms in total. The number of ether oxygens (including phenoxy) is 1. The molecule has 0 aliphatic heterocycles. The molecule has 0 amide bonds. The second kappa shape index (κ2) is 6.95. The Kier molecular flexibility index (Phi) is 5.25. The third kappa shape index (κ3) is 3.39. The lowest BCUT2D eigenvalue weighted by Crippen LogP contribution is -2.16. The normalized spacial score (nSPS) is 12.4. The molecule has 0 saturated heterocycles. The fourth-order valence-corrected chi connectivity index (χ4v) is 3.18. The van der Waals surface area contributed by atoms with E-state index in [2.05, 4.69) is 21.5 Å². The van der Waals surface area contributed by atoms with Gasteiger partial charge in [-0.2, -0.15) is 0 Å². The van der Waals surface area contributed by atoms with Crippen LogP contribution in [0.1, 0.15) is 46.8 Å².